The minimum atomic E-state index is -3.36. The first-order valence-corrected chi connectivity index (χ1v) is 11.5. The highest BCUT2D eigenvalue weighted by molar-refractivity contribution is 7.88. The molecule has 10 nitrogen and oxygen atoms in total. The summed E-state index contributed by atoms with van der Waals surface area (Å²) in [5.74, 6) is -0.313. The molecule has 0 radical (unpaired) electrons. The van der Waals surface area contributed by atoms with Crippen LogP contribution in [0.15, 0.2) is 21.9 Å². The number of amides is 1. The van der Waals surface area contributed by atoms with Gasteiger partial charge in [-0.15, -0.1) is 0 Å². The highest BCUT2D eigenvalue weighted by atomic mass is 32.2. The van der Waals surface area contributed by atoms with Gasteiger partial charge in [-0.1, -0.05) is 6.92 Å². The Balaban J connectivity index is 1.95. The van der Waals surface area contributed by atoms with Gasteiger partial charge in [-0.25, -0.2) is 22.9 Å². The van der Waals surface area contributed by atoms with Crippen LogP contribution in [0.2, 0.25) is 0 Å². The van der Waals surface area contributed by atoms with E-state index in [9.17, 15) is 22.8 Å². The topological polar surface area (TPSA) is 134 Å². The predicted octanol–water partition coefficient (Wildman–Crippen LogP) is 0.0387. The fraction of sp³-hybridized carbons (Fsp3) is 0.556. The number of fused-ring (bicyclic) bond motifs is 1. The summed E-state index contributed by atoms with van der Waals surface area (Å²) >= 11 is 0. The molecule has 0 bridgehead atoms. The summed E-state index contributed by atoms with van der Waals surface area (Å²) in [6, 6.07) is 1.18. The summed E-state index contributed by atoms with van der Waals surface area (Å²) in [6.07, 6.45) is 5.54. The molecule has 2 aromatic heterocycles. The van der Waals surface area contributed by atoms with Gasteiger partial charge < -0.3 is 4.90 Å². The van der Waals surface area contributed by atoms with E-state index < -0.39 is 21.3 Å². The molecule has 0 saturated carbocycles. The maximum atomic E-state index is 13.1. The number of carbonyl (C=O) groups excluding carboxylic acids is 1. The Hall–Kier alpha value is -2.53. The number of aromatic nitrogens is 3. The third kappa shape index (κ3) is 4.73. The number of rotatable bonds is 6. The fourth-order valence-electron chi connectivity index (χ4n) is 3.61. The van der Waals surface area contributed by atoms with Gasteiger partial charge in [0.05, 0.1) is 17.2 Å². The van der Waals surface area contributed by atoms with Gasteiger partial charge >= 0.3 is 5.69 Å². The Morgan fingerprint density at radius 1 is 1.34 bits per heavy atom. The van der Waals surface area contributed by atoms with Gasteiger partial charge in [-0.05, 0) is 31.7 Å². The first kappa shape index (κ1) is 21.2. The van der Waals surface area contributed by atoms with Crippen LogP contribution in [0.3, 0.4) is 0 Å². The van der Waals surface area contributed by atoms with Crippen molar-refractivity contribution in [3.63, 3.8) is 0 Å². The number of aryl methyl sites for hydroxylation is 1. The van der Waals surface area contributed by atoms with Crippen LogP contribution >= 0.6 is 0 Å². The monoisotopic (exact) mass is 423 g/mol. The molecule has 1 saturated heterocycles. The Morgan fingerprint density at radius 3 is 2.79 bits per heavy atom. The average Bonchev–Trinajstić information content (AvgIpc) is 2.68. The van der Waals surface area contributed by atoms with Gasteiger partial charge in [0.2, 0.25) is 10.0 Å². The number of hydrogen-bond donors (Lipinski definition) is 2. The summed E-state index contributed by atoms with van der Waals surface area (Å²) in [5, 5.41) is 0.173. The first-order chi connectivity index (χ1) is 13.7. The standard InChI is InChI=1S/C18H25N5O5S/c1-3-7-23-15-14(16(24)21-18(23)26)9-12(10-19-15)17(25)22-8-5-4-6-13(22)11-20-29(2,27)28/h9-10,13,20H,3-8,11H2,1-2H3,(H,21,24,26). The number of piperidine rings is 1. The van der Waals surface area contributed by atoms with Crippen molar-refractivity contribution in [3.8, 4) is 0 Å². The molecule has 11 heteroatoms. The molecule has 2 N–H and O–H groups in total. The molecule has 1 fully saturated rings. The number of carbonyl (C=O) groups is 1. The highest BCUT2D eigenvalue weighted by Crippen LogP contribution is 2.20. The van der Waals surface area contributed by atoms with Gasteiger partial charge in [0.15, 0.2) is 0 Å². The van der Waals surface area contributed by atoms with Crippen LogP contribution in [0, 0.1) is 0 Å². The summed E-state index contributed by atoms with van der Waals surface area (Å²) in [5.41, 5.74) is -0.644. The SMILES string of the molecule is CCCn1c(=O)[nH]c(=O)c2cc(C(=O)N3CCCCC3CNS(C)(=O)=O)cnc21. The predicted molar refractivity (Wildman–Crippen MR) is 108 cm³/mol. The van der Waals surface area contributed by atoms with E-state index in [2.05, 4.69) is 14.7 Å². The molecule has 1 aliphatic rings. The van der Waals surface area contributed by atoms with E-state index in [0.717, 1.165) is 19.1 Å². The molecule has 158 valence electrons. The van der Waals surface area contributed by atoms with Crippen LogP contribution in [-0.4, -0.2) is 59.1 Å². The van der Waals surface area contributed by atoms with Crippen LogP contribution in [0.4, 0.5) is 0 Å². The van der Waals surface area contributed by atoms with Crippen molar-refractivity contribution in [1.82, 2.24) is 24.2 Å². The molecule has 0 aliphatic carbocycles. The Labute approximate surface area is 168 Å². The van der Waals surface area contributed by atoms with Gasteiger partial charge in [0, 0.05) is 31.9 Å². The second-order valence-corrected chi connectivity index (χ2v) is 9.11. The molecule has 0 spiro atoms. The Morgan fingerprint density at radius 2 is 2.10 bits per heavy atom. The molecule has 1 amide bonds. The van der Waals surface area contributed by atoms with Gasteiger partial charge in [-0.2, -0.15) is 0 Å². The fourth-order valence-corrected chi connectivity index (χ4v) is 4.10. The van der Waals surface area contributed by atoms with Gasteiger partial charge in [0.25, 0.3) is 11.5 Å². The van der Waals surface area contributed by atoms with Crippen molar-refractivity contribution >= 4 is 27.0 Å². The smallest absolute Gasteiger partial charge is 0.329 e. The maximum absolute atomic E-state index is 13.1. The zero-order chi connectivity index (χ0) is 21.2. The van der Waals surface area contributed by atoms with Crippen molar-refractivity contribution in [2.75, 3.05) is 19.3 Å². The van der Waals surface area contributed by atoms with Crippen LogP contribution in [0.5, 0.6) is 0 Å². The van der Waals surface area contributed by atoms with E-state index in [-0.39, 0.29) is 35.1 Å². The average molecular weight is 423 g/mol. The van der Waals surface area contributed by atoms with E-state index in [0.29, 0.717) is 25.9 Å². The van der Waals surface area contributed by atoms with Crippen molar-refractivity contribution < 1.29 is 13.2 Å². The highest BCUT2D eigenvalue weighted by Gasteiger charge is 2.28. The van der Waals surface area contributed by atoms with E-state index >= 15 is 0 Å². The summed E-state index contributed by atoms with van der Waals surface area (Å²) < 4.78 is 26.7. The number of sulfonamides is 1. The molecule has 3 heterocycles. The van der Waals surface area contributed by atoms with Gasteiger partial charge in [0.1, 0.15) is 5.65 Å². The maximum Gasteiger partial charge on any atom is 0.329 e. The molecular weight excluding hydrogens is 398 g/mol. The van der Waals surface area contributed by atoms with Crippen molar-refractivity contribution in [3.05, 3.63) is 38.7 Å². The molecule has 0 aromatic carbocycles. The largest absolute Gasteiger partial charge is 0.334 e. The molecular formula is C18H25N5O5S. The minimum Gasteiger partial charge on any atom is -0.334 e. The summed E-state index contributed by atoms with van der Waals surface area (Å²) in [4.78, 5) is 45.5. The van der Waals surface area contributed by atoms with E-state index in [1.54, 1.807) is 4.90 Å². The first-order valence-electron chi connectivity index (χ1n) is 9.59. The van der Waals surface area contributed by atoms with Crippen molar-refractivity contribution in [1.29, 1.82) is 0 Å². The van der Waals surface area contributed by atoms with Crippen LogP contribution in [0.25, 0.3) is 11.0 Å². The third-order valence-corrected chi connectivity index (χ3v) is 5.69. The van der Waals surface area contributed by atoms with Crippen LogP contribution in [-0.2, 0) is 16.6 Å². The van der Waals surface area contributed by atoms with E-state index in [1.165, 1.54) is 16.8 Å². The lowest BCUT2D eigenvalue weighted by atomic mass is 10.0. The Bertz CT molecular complexity index is 1140. The zero-order valence-electron chi connectivity index (χ0n) is 16.5. The molecule has 1 atom stereocenters. The van der Waals surface area contributed by atoms with E-state index in [1.807, 2.05) is 6.92 Å². The molecule has 2 aromatic rings. The quantitative estimate of drug-likeness (QED) is 0.674. The van der Waals surface area contributed by atoms with Crippen molar-refractivity contribution in [2.24, 2.45) is 0 Å². The lowest BCUT2D eigenvalue weighted by Gasteiger charge is -2.35. The summed E-state index contributed by atoms with van der Waals surface area (Å²) in [7, 11) is -3.36. The lowest BCUT2D eigenvalue weighted by molar-refractivity contribution is 0.0618. The van der Waals surface area contributed by atoms with Crippen LogP contribution in [0.1, 0.15) is 43.0 Å². The molecule has 3 rings (SSSR count). The number of pyridine rings is 1. The zero-order valence-corrected chi connectivity index (χ0v) is 17.3. The number of aromatic amines is 1. The van der Waals surface area contributed by atoms with Gasteiger partial charge in [-0.3, -0.25) is 19.1 Å². The number of hydrogen-bond acceptors (Lipinski definition) is 6. The van der Waals surface area contributed by atoms with Crippen molar-refractivity contribution in [2.45, 2.75) is 45.2 Å². The second kappa shape index (κ2) is 8.46. The van der Waals surface area contributed by atoms with E-state index in [4.69, 9.17) is 0 Å². The number of nitrogens with one attached hydrogen (secondary N) is 2. The normalized spacial score (nSPS) is 17.6. The lowest BCUT2D eigenvalue weighted by Crippen LogP contribution is -2.49. The van der Waals surface area contributed by atoms with Crippen LogP contribution < -0.4 is 16.0 Å². The molecule has 1 aliphatic heterocycles. The Kier molecular flexibility index (Phi) is 6.18. The molecule has 1 unspecified atom stereocenters. The number of nitrogens with zero attached hydrogens (tertiary/aromatic N) is 3. The number of likely N-dealkylation sites (tertiary alicyclic amines) is 1. The second-order valence-electron chi connectivity index (χ2n) is 7.27. The third-order valence-electron chi connectivity index (χ3n) is 5.00. The minimum absolute atomic E-state index is 0.141. The summed E-state index contributed by atoms with van der Waals surface area (Å²) in [6.45, 7) is 2.95. The molecule has 29 heavy (non-hydrogen) atoms. The number of H-pyrrole nitrogens is 1.